The predicted molar refractivity (Wildman–Crippen MR) is 60.6 cm³/mol. The maximum absolute atomic E-state index is 13.8. The van der Waals surface area contributed by atoms with Crippen molar-refractivity contribution >= 4 is 0 Å². The summed E-state index contributed by atoms with van der Waals surface area (Å²) in [4.78, 5) is 11.0. The first-order valence-electron chi connectivity index (χ1n) is 5.75. The van der Waals surface area contributed by atoms with Crippen molar-refractivity contribution in [3.8, 4) is 0 Å². The molecule has 2 rings (SSSR count). The van der Waals surface area contributed by atoms with Crippen LogP contribution in [0.3, 0.4) is 0 Å². The van der Waals surface area contributed by atoms with Gasteiger partial charge in [-0.25, -0.2) is 4.39 Å². The van der Waals surface area contributed by atoms with Crippen LogP contribution in [0.25, 0.3) is 0 Å². The highest BCUT2D eigenvalue weighted by Crippen LogP contribution is 2.31. The molecule has 1 saturated heterocycles. The van der Waals surface area contributed by atoms with E-state index in [4.69, 9.17) is 9.47 Å². The normalized spacial score (nSPS) is 28.5. The fraction of sp³-hybridized carbons (Fsp3) is 0.583. The Labute approximate surface area is 99.0 Å². The van der Waals surface area contributed by atoms with Gasteiger partial charge >= 0.3 is 0 Å². The van der Waals surface area contributed by atoms with E-state index in [2.05, 4.69) is 0 Å². The minimum Gasteiger partial charge on any atom is -0.379 e. The number of hydrogen-bond donors (Lipinski definition) is 0. The zero-order valence-electron chi connectivity index (χ0n) is 9.71. The van der Waals surface area contributed by atoms with Crippen molar-refractivity contribution in [3.63, 3.8) is 0 Å². The zero-order chi connectivity index (χ0) is 12.3. The van der Waals surface area contributed by atoms with E-state index in [0.29, 0.717) is 19.6 Å². The van der Waals surface area contributed by atoms with E-state index < -0.39 is 12.4 Å². The van der Waals surface area contributed by atoms with Gasteiger partial charge in [-0.05, 0) is 6.92 Å². The van der Waals surface area contributed by atoms with Crippen LogP contribution in [0, 0.1) is 0 Å². The molecule has 0 unspecified atom stereocenters. The van der Waals surface area contributed by atoms with Crippen LogP contribution in [0.2, 0.25) is 0 Å². The fourth-order valence-corrected chi connectivity index (χ4v) is 1.91. The summed E-state index contributed by atoms with van der Waals surface area (Å²) < 4.78 is 26.1. The lowest BCUT2D eigenvalue weighted by Gasteiger charge is -2.17. The summed E-state index contributed by atoms with van der Waals surface area (Å²) in [6.07, 6.45) is 1.49. The minimum atomic E-state index is -1.07. The Morgan fingerprint density at radius 3 is 2.88 bits per heavy atom. The Bertz CT molecular complexity index is 400. The number of pyridine rings is 1. The van der Waals surface area contributed by atoms with Crippen LogP contribution in [0.5, 0.6) is 0 Å². The van der Waals surface area contributed by atoms with Gasteiger partial charge < -0.3 is 14.0 Å². The Hall–Kier alpha value is -1.20. The second kappa shape index (κ2) is 5.42. The van der Waals surface area contributed by atoms with Crippen molar-refractivity contribution in [2.24, 2.45) is 0 Å². The molecule has 4 nitrogen and oxygen atoms in total. The molecule has 0 aromatic carbocycles. The highest BCUT2D eigenvalue weighted by Gasteiger charge is 2.36. The summed E-state index contributed by atoms with van der Waals surface area (Å²) in [6, 6.07) is 2.79. The molecule has 1 aliphatic heterocycles. The van der Waals surface area contributed by atoms with E-state index in [1.807, 2.05) is 6.92 Å². The lowest BCUT2D eigenvalue weighted by molar-refractivity contribution is -0.0502. The quantitative estimate of drug-likeness (QED) is 0.802. The number of halogens is 1. The van der Waals surface area contributed by atoms with E-state index in [-0.39, 0.29) is 11.5 Å². The smallest absolute Gasteiger partial charge is 0.181 e. The molecule has 2 heterocycles. The summed E-state index contributed by atoms with van der Waals surface area (Å²) in [6.45, 7) is 2.90. The standard InChI is InChI=1S/C12H16FNO3/c1-2-16-8-10-7-11(13)12(17-10)14-5-3-9(15)4-6-14/h3-6,10-12H,2,7-8H2,1H3/t10-,11+,12+/m0/s1. The molecule has 1 aromatic rings. The molecule has 1 aliphatic rings. The topological polar surface area (TPSA) is 40.5 Å². The average Bonchev–Trinajstić information content (AvgIpc) is 2.69. The predicted octanol–water partition coefficient (Wildman–Crippen LogP) is 1.51. The van der Waals surface area contributed by atoms with Crippen LogP contribution in [0.15, 0.2) is 29.3 Å². The summed E-state index contributed by atoms with van der Waals surface area (Å²) in [7, 11) is 0. The molecule has 0 aliphatic carbocycles. The number of ether oxygens (including phenoxy) is 2. The van der Waals surface area contributed by atoms with Gasteiger partial charge in [-0.1, -0.05) is 0 Å². The Balaban J connectivity index is 2.02. The van der Waals surface area contributed by atoms with E-state index in [9.17, 15) is 9.18 Å². The summed E-state index contributed by atoms with van der Waals surface area (Å²) >= 11 is 0. The number of alkyl halides is 1. The molecule has 94 valence electrons. The number of hydrogen-bond acceptors (Lipinski definition) is 3. The van der Waals surface area contributed by atoms with E-state index in [1.54, 1.807) is 17.0 Å². The van der Waals surface area contributed by atoms with Crippen molar-refractivity contribution in [1.29, 1.82) is 0 Å². The lowest BCUT2D eigenvalue weighted by Crippen LogP contribution is -2.18. The Kier molecular flexibility index (Phi) is 3.91. The number of nitrogens with zero attached hydrogens (tertiary/aromatic N) is 1. The van der Waals surface area contributed by atoms with Gasteiger partial charge in [0, 0.05) is 37.6 Å². The molecular formula is C12H16FNO3. The highest BCUT2D eigenvalue weighted by atomic mass is 19.1. The first-order chi connectivity index (χ1) is 8.20. The fourth-order valence-electron chi connectivity index (χ4n) is 1.91. The molecule has 0 radical (unpaired) electrons. The van der Waals surface area contributed by atoms with Crippen LogP contribution >= 0.6 is 0 Å². The summed E-state index contributed by atoms with van der Waals surface area (Å²) in [5.74, 6) is 0. The highest BCUT2D eigenvalue weighted by molar-refractivity contribution is 4.96. The second-order valence-electron chi connectivity index (χ2n) is 4.04. The summed E-state index contributed by atoms with van der Waals surface area (Å²) in [5, 5.41) is 0. The molecule has 1 fully saturated rings. The van der Waals surface area contributed by atoms with Gasteiger partial charge in [0.05, 0.1) is 12.7 Å². The lowest BCUT2D eigenvalue weighted by atomic mass is 10.2. The monoisotopic (exact) mass is 241 g/mol. The third-order valence-corrected chi connectivity index (χ3v) is 2.75. The molecule has 5 heteroatoms. The third-order valence-electron chi connectivity index (χ3n) is 2.75. The molecule has 0 bridgehead atoms. The third kappa shape index (κ3) is 2.92. The SMILES string of the molecule is CCOC[C@@H]1C[C@@H](F)[C@H](n2ccc(=O)cc2)O1. The molecule has 0 amide bonds. The van der Waals surface area contributed by atoms with Crippen LogP contribution in [-0.4, -0.2) is 30.1 Å². The minimum absolute atomic E-state index is 0.0967. The van der Waals surface area contributed by atoms with Crippen molar-refractivity contribution in [3.05, 3.63) is 34.7 Å². The first-order valence-corrected chi connectivity index (χ1v) is 5.75. The van der Waals surface area contributed by atoms with Gasteiger partial charge in [-0.3, -0.25) is 4.79 Å². The van der Waals surface area contributed by atoms with Crippen LogP contribution < -0.4 is 5.43 Å². The number of rotatable bonds is 4. The molecule has 17 heavy (non-hydrogen) atoms. The van der Waals surface area contributed by atoms with Crippen LogP contribution in [-0.2, 0) is 9.47 Å². The Morgan fingerprint density at radius 2 is 2.24 bits per heavy atom. The van der Waals surface area contributed by atoms with Crippen molar-refractivity contribution in [2.45, 2.75) is 31.8 Å². The van der Waals surface area contributed by atoms with Crippen LogP contribution in [0.1, 0.15) is 19.6 Å². The molecule has 1 aromatic heterocycles. The van der Waals surface area contributed by atoms with Crippen LogP contribution in [0.4, 0.5) is 4.39 Å². The maximum Gasteiger partial charge on any atom is 0.181 e. The van der Waals surface area contributed by atoms with E-state index >= 15 is 0 Å². The zero-order valence-corrected chi connectivity index (χ0v) is 9.71. The van der Waals surface area contributed by atoms with Crippen molar-refractivity contribution < 1.29 is 13.9 Å². The molecule has 0 N–H and O–H groups in total. The van der Waals surface area contributed by atoms with E-state index in [0.717, 1.165) is 0 Å². The molecular weight excluding hydrogens is 225 g/mol. The van der Waals surface area contributed by atoms with Gasteiger partial charge in [0.25, 0.3) is 0 Å². The molecule has 0 saturated carbocycles. The number of aromatic nitrogens is 1. The second-order valence-corrected chi connectivity index (χ2v) is 4.04. The van der Waals surface area contributed by atoms with Crippen molar-refractivity contribution in [2.75, 3.05) is 13.2 Å². The van der Waals surface area contributed by atoms with Gasteiger partial charge in [-0.15, -0.1) is 0 Å². The first kappa shape index (κ1) is 12.3. The maximum atomic E-state index is 13.8. The van der Waals surface area contributed by atoms with Gasteiger partial charge in [0.15, 0.2) is 11.7 Å². The summed E-state index contributed by atoms with van der Waals surface area (Å²) in [5.41, 5.74) is -0.0967. The largest absolute Gasteiger partial charge is 0.379 e. The molecule has 0 spiro atoms. The van der Waals surface area contributed by atoms with Gasteiger partial charge in [0.1, 0.15) is 6.17 Å². The van der Waals surface area contributed by atoms with Gasteiger partial charge in [0.2, 0.25) is 0 Å². The van der Waals surface area contributed by atoms with E-state index in [1.165, 1.54) is 12.1 Å². The average molecular weight is 241 g/mol. The molecule has 3 atom stereocenters. The Morgan fingerprint density at radius 1 is 1.53 bits per heavy atom. The van der Waals surface area contributed by atoms with Gasteiger partial charge in [-0.2, -0.15) is 0 Å². The van der Waals surface area contributed by atoms with Crippen molar-refractivity contribution in [1.82, 2.24) is 4.57 Å².